The monoisotopic (exact) mass is 494 g/mol. The number of ether oxygens (including phenoxy) is 1. The lowest BCUT2D eigenvalue weighted by molar-refractivity contribution is -0.135. The highest BCUT2D eigenvalue weighted by Crippen LogP contribution is 2.42. The van der Waals surface area contributed by atoms with Crippen molar-refractivity contribution in [3.05, 3.63) is 35.1 Å². The minimum Gasteiger partial charge on any atom is -0.492 e. The van der Waals surface area contributed by atoms with Crippen molar-refractivity contribution < 1.29 is 19.7 Å². The third kappa shape index (κ3) is 3.89. The van der Waals surface area contributed by atoms with Gasteiger partial charge in [-0.1, -0.05) is 0 Å². The maximum Gasteiger partial charge on any atom is 0.226 e. The van der Waals surface area contributed by atoms with E-state index in [1.807, 2.05) is 19.1 Å². The van der Waals surface area contributed by atoms with Crippen molar-refractivity contribution in [2.45, 2.75) is 38.4 Å². The number of H-pyrrole nitrogens is 1. The third-order valence-electron chi connectivity index (χ3n) is 6.86. The van der Waals surface area contributed by atoms with Crippen LogP contribution in [0.1, 0.15) is 23.8 Å². The van der Waals surface area contributed by atoms with Gasteiger partial charge in [-0.05, 0) is 37.8 Å². The number of carbonyl (C=O) groups excluding carboxylic acids is 1. The Hall–Kier alpha value is -3.28. The number of nitrogens with one attached hydrogen (secondary N) is 2. The Morgan fingerprint density at radius 3 is 2.91 bits per heavy atom. The van der Waals surface area contributed by atoms with Gasteiger partial charge in [0.25, 0.3) is 0 Å². The van der Waals surface area contributed by atoms with Crippen LogP contribution < -0.4 is 10.1 Å². The van der Waals surface area contributed by atoms with Crippen LogP contribution >= 0.6 is 11.3 Å². The molecule has 11 heteroatoms. The first kappa shape index (κ1) is 22.2. The molecule has 0 unspecified atom stereocenters. The van der Waals surface area contributed by atoms with Gasteiger partial charge in [0.2, 0.25) is 5.91 Å². The Labute approximate surface area is 205 Å². The molecular formula is C24H26N6O4S. The van der Waals surface area contributed by atoms with E-state index in [0.717, 1.165) is 38.1 Å². The van der Waals surface area contributed by atoms with Gasteiger partial charge in [-0.2, -0.15) is 5.10 Å². The molecular weight excluding hydrogens is 468 g/mol. The zero-order valence-corrected chi connectivity index (χ0v) is 20.0. The number of amides is 1. The number of aryl methyl sites for hydroxylation is 1. The van der Waals surface area contributed by atoms with E-state index >= 15 is 0 Å². The summed E-state index contributed by atoms with van der Waals surface area (Å²) in [7, 11) is 0. The summed E-state index contributed by atoms with van der Waals surface area (Å²) in [4.78, 5) is 25.7. The number of carbonyl (C=O) groups is 1. The zero-order valence-electron chi connectivity index (χ0n) is 19.2. The SMILES string of the molecule is CCOc1cc2[nH]ncc2cc1Nc1ncnc2sc3c(c12)CC[C@H](C(=O)N1C[C@@H](O)[C@H](O)C1)C3. The molecule has 3 aromatic heterocycles. The number of aromatic amines is 1. The van der Waals surface area contributed by atoms with Gasteiger partial charge in [0.05, 0.1) is 41.6 Å². The van der Waals surface area contributed by atoms with Crippen molar-refractivity contribution in [1.29, 1.82) is 0 Å². The molecule has 1 saturated heterocycles. The number of β-amino-alcohol motifs (C(OH)–C–C–N with tert-alkyl or cyclic N) is 2. The van der Waals surface area contributed by atoms with E-state index in [0.29, 0.717) is 31.0 Å². The fourth-order valence-corrected chi connectivity index (χ4v) is 6.36. The minimum atomic E-state index is -0.866. The Morgan fingerprint density at radius 2 is 2.11 bits per heavy atom. The molecule has 0 saturated carbocycles. The van der Waals surface area contributed by atoms with Gasteiger partial charge in [-0.15, -0.1) is 11.3 Å². The van der Waals surface area contributed by atoms with Crippen molar-refractivity contribution in [2.24, 2.45) is 5.92 Å². The number of nitrogens with zero attached hydrogens (tertiary/aromatic N) is 4. The Kier molecular flexibility index (Phi) is 5.54. The summed E-state index contributed by atoms with van der Waals surface area (Å²) in [5, 5.41) is 32.2. The first-order valence-electron chi connectivity index (χ1n) is 11.8. The number of aliphatic hydroxyl groups excluding tert-OH is 2. The van der Waals surface area contributed by atoms with E-state index in [1.165, 1.54) is 5.56 Å². The van der Waals surface area contributed by atoms with Crippen LogP contribution in [0.5, 0.6) is 5.75 Å². The van der Waals surface area contributed by atoms with E-state index < -0.39 is 12.2 Å². The van der Waals surface area contributed by atoms with Crippen LogP contribution in [-0.4, -0.2) is 73.1 Å². The van der Waals surface area contributed by atoms with Crippen molar-refractivity contribution in [2.75, 3.05) is 25.0 Å². The summed E-state index contributed by atoms with van der Waals surface area (Å²) < 4.78 is 5.87. The molecule has 1 aromatic carbocycles. The molecule has 0 bridgehead atoms. The van der Waals surface area contributed by atoms with E-state index in [2.05, 4.69) is 25.5 Å². The van der Waals surface area contributed by atoms with E-state index in [9.17, 15) is 15.0 Å². The van der Waals surface area contributed by atoms with Crippen molar-refractivity contribution in [1.82, 2.24) is 25.1 Å². The quantitative estimate of drug-likeness (QED) is 0.332. The van der Waals surface area contributed by atoms with Crippen LogP contribution in [0.3, 0.4) is 0 Å². The molecule has 4 heterocycles. The number of hydrogen-bond acceptors (Lipinski definition) is 9. The van der Waals surface area contributed by atoms with Gasteiger partial charge in [-0.3, -0.25) is 9.89 Å². The van der Waals surface area contributed by atoms with Crippen LogP contribution in [0.4, 0.5) is 11.5 Å². The molecule has 0 spiro atoms. The molecule has 0 radical (unpaired) electrons. The molecule has 6 rings (SSSR count). The summed E-state index contributed by atoms with van der Waals surface area (Å²) in [5.41, 5.74) is 2.88. The molecule has 1 aliphatic heterocycles. The molecule has 1 amide bonds. The lowest BCUT2D eigenvalue weighted by Gasteiger charge is -2.26. The van der Waals surface area contributed by atoms with Gasteiger partial charge in [0.1, 0.15) is 22.7 Å². The summed E-state index contributed by atoms with van der Waals surface area (Å²) in [6, 6.07) is 3.92. The van der Waals surface area contributed by atoms with Crippen LogP contribution in [0.15, 0.2) is 24.7 Å². The number of fused-ring (bicyclic) bond motifs is 4. The number of benzene rings is 1. The predicted molar refractivity (Wildman–Crippen MR) is 132 cm³/mol. The minimum absolute atomic E-state index is 0.00269. The largest absolute Gasteiger partial charge is 0.492 e. The molecule has 3 atom stereocenters. The first-order chi connectivity index (χ1) is 17.0. The highest BCUT2D eigenvalue weighted by atomic mass is 32.1. The van der Waals surface area contributed by atoms with Crippen molar-refractivity contribution in [3.8, 4) is 5.75 Å². The molecule has 2 aliphatic rings. The predicted octanol–water partition coefficient (Wildman–Crippen LogP) is 2.38. The second-order valence-corrected chi connectivity index (χ2v) is 10.2. The fraction of sp³-hybridized carbons (Fsp3) is 0.417. The molecule has 1 fully saturated rings. The van der Waals surface area contributed by atoms with E-state index in [-0.39, 0.29) is 24.9 Å². The van der Waals surface area contributed by atoms with Crippen molar-refractivity contribution >= 4 is 49.9 Å². The van der Waals surface area contributed by atoms with E-state index in [4.69, 9.17) is 4.74 Å². The fourth-order valence-electron chi connectivity index (χ4n) is 5.10. The summed E-state index contributed by atoms with van der Waals surface area (Å²) in [5.74, 6) is 1.26. The summed E-state index contributed by atoms with van der Waals surface area (Å²) in [6.45, 7) is 2.86. The van der Waals surface area contributed by atoms with Gasteiger partial charge < -0.3 is 25.2 Å². The molecule has 4 N–H and O–H groups in total. The first-order valence-corrected chi connectivity index (χ1v) is 12.6. The van der Waals surface area contributed by atoms with E-state index in [1.54, 1.807) is 28.8 Å². The molecule has 182 valence electrons. The van der Waals surface area contributed by atoms with Crippen LogP contribution in [0, 0.1) is 5.92 Å². The maximum absolute atomic E-state index is 13.1. The van der Waals surface area contributed by atoms with Gasteiger partial charge in [-0.25, -0.2) is 9.97 Å². The van der Waals surface area contributed by atoms with Crippen LogP contribution in [0.25, 0.3) is 21.1 Å². The number of aliphatic hydroxyl groups is 2. The number of likely N-dealkylation sites (tertiary alicyclic amines) is 1. The second-order valence-electron chi connectivity index (χ2n) is 9.09. The number of rotatable bonds is 5. The summed E-state index contributed by atoms with van der Waals surface area (Å²) in [6.07, 6.45) is 3.67. The molecule has 1 aliphatic carbocycles. The smallest absolute Gasteiger partial charge is 0.226 e. The average Bonchev–Trinajstić information content (AvgIpc) is 3.55. The number of thiophene rings is 1. The molecule has 35 heavy (non-hydrogen) atoms. The van der Waals surface area contributed by atoms with Crippen molar-refractivity contribution in [3.63, 3.8) is 0 Å². The standard InChI is InChI=1S/C24H26N6O4S/c1-2-34-19-7-15-13(8-27-29-15)5-16(19)28-22-21-14-4-3-12(6-20(14)35-23(21)26-11-25-22)24(33)30-9-17(31)18(32)10-30/h5,7-8,11-12,17-18,31-32H,2-4,6,9-10H2,1H3,(H,27,29)(H,25,26,28)/t12-,17+,18+/m0/s1. The van der Waals surface area contributed by atoms with Crippen LogP contribution in [0.2, 0.25) is 0 Å². The topological polar surface area (TPSA) is 136 Å². The highest BCUT2D eigenvalue weighted by molar-refractivity contribution is 7.19. The number of anilines is 2. The maximum atomic E-state index is 13.1. The Bertz CT molecular complexity index is 1410. The van der Waals surface area contributed by atoms with Gasteiger partial charge >= 0.3 is 0 Å². The van der Waals surface area contributed by atoms with Gasteiger partial charge in [0.15, 0.2) is 0 Å². The van der Waals surface area contributed by atoms with Crippen LogP contribution in [-0.2, 0) is 17.6 Å². The summed E-state index contributed by atoms with van der Waals surface area (Å²) >= 11 is 1.60. The lowest BCUT2D eigenvalue weighted by Crippen LogP contribution is -2.37. The second kappa shape index (κ2) is 8.74. The average molecular weight is 495 g/mol. The highest BCUT2D eigenvalue weighted by Gasteiger charge is 2.37. The number of hydrogen-bond donors (Lipinski definition) is 4. The lowest BCUT2D eigenvalue weighted by atomic mass is 9.87. The Morgan fingerprint density at radius 1 is 1.29 bits per heavy atom. The zero-order chi connectivity index (χ0) is 24.1. The third-order valence-corrected chi connectivity index (χ3v) is 8.02. The normalized spacial score (nSPS) is 22.0. The Balaban J connectivity index is 1.31. The van der Waals surface area contributed by atoms with Gasteiger partial charge in [0, 0.05) is 35.3 Å². The number of aromatic nitrogens is 4. The molecule has 10 nitrogen and oxygen atoms in total. The molecule has 4 aromatic rings.